The fourth-order valence-corrected chi connectivity index (χ4v) is 3.80. The van der Waals surface area contributed by atoms with Crippen molar-refractivity contribution in [1.29, 1.82) is 0 Å². The third-order valence-corrected chi connectivity index (χ3v) is 4.89. The van der Waals surface area contributed by atoms with Gasteiger partial charge >= 0.3 is 0 Å². The third kappa shape index (κ3) is 4.80. The minimum Gasteiger partial charge on any atom is -0.495 e. The summed E-state index contributed by atoms with van der Waals surface area (Å²) in [6, 6.07) is 14.6. The first kappa shape index (κ1) is 19.7. The summed E-state index contributed by atoms with van der Waals surface area (Å²) in [5.74, 6) is 0.480. The molecule has 27 heavy (non-hydrogen) atoms. The summed E-state index contributed by atoms with van der Waals surface area (Å²) in [7, 11) is 1.56. The van der Waals surface area contributed by atoms with Crippen molar-refractivity contribution in [3.63, 3.8) is 0 Å². The monoisotopic (exact) mass is 388 g/mol. The fourth-order valence-electron chi connectivity index (χ4n) is 3.55. The van der Waals surface area contributed by atoms with Gasteiger partial charge in [-0.2, -0.15) is 0 Å². The molecule has 1 heterocycles. The average molecular weight is 389 g/mol. The molecule has 1 fully saturated rings. The van der Waals surface area contributed by atoms with Crippen LogP contribution >= 0.6 is 11.6 Å². The summed E-state index contributed by atoms with van der Waals surface area (Å²) in [5, 5.41) is 3.46. The Morgan fingerprint density at radius 1 is 1.19 bits per heavy atom. The van der Waals surface area contributed by atoms with Gasteiger partial charge < -0.3 is 14.8 Å². The van der Waals surface area contributed by atoms with Crippen molar-refractivity contribution < 1.29 is 14.3 Å². The van der Waals surface area contributed by atoms with Crippen LogP contribution in [0.4, 0.5) is 5.69 Å². The molecule has 2 aromatic rings. The topological polar surface area (TPSA) is 50.8 Å². The molecule has 144 valence electrons. The molecule has 0 aromatic heterocycles. The molecule has 3 rings (SSSR count). The van der Waals surface area contributed by atoms with Crippen molar-refractivity contribution in [3.05, 3.63) is 59.1 Å². The number of hydrogen-bond acceptors (Lipinski definition) is 4. The number of amides is 1. The Bertz CT molecular complexity index is 774. The maximum Gasteiger partial charge on any atom is 0.246 e. The van der Waals surface area contributed by atoms with Crippen LogP contribution in [0.5, 0.6) is 5.75 Å². The average Bonchev–Trinajstić information content (AvgIpc) is 2.62. The largest absolute Gasteiger partial charge is 0.495 e. The minimum atomic E-state index is -0.402. The molecule has 0 unspecified atom stereocenters. The van der Waals surface area contributed by atoms with Crippen LogP contribution < -0.4 is 10.1 Å². The van der Waals surface area contributed by atoms with Gasteiger partial charge in [0.1, 0.15) is 11.8 Å². The molecule has 6 heteroatoms. The zero-order valence-corrected chi connectivity index (χ0v) is 16.6. The zero-order valence-electron chi connectivity index (χ0n) is 15.8. The van der Waals surface area contributed by atoms with Crippen molar-refractivity contribution in [2.45, 2.75) is 32.1 Å². The molecule has 0 saturated carbocycles. The fraction of sp³-hybridized carbons (Fsp3) is 0.381. The molecule has 1 amide bonds. The van der Waals surface area contributed by atoms with Crippen LogP contribution in [-0.4, -0.2) is 43.2 Å². The Morgan fingerprint density at radius 2 is 1.85 bits per heavy atom. The maximum absolute atomic E-state index is 13.2. The Kier molecular flexibility index (Phi) is 6.37. The number of carbonyl (C=O) groups is 1. The van der Waals surface area contributed by atoms with E-state index in [1.807, 2.05) is 44.2 Å². The van der Waals surface area contributed by atoms with E-state index < -0.39 is 6.04 Å². The van der Waals surface area contributed by atoms with Gasteiger partial charge in [0, 0.05) is 18.8 Å². The highest BCUT2D eigenvalue weighted by molar-refractivity contribution is 6.32. The van der Waals surface area contributed by atoms with Gasteiger partial charge in [-0.1, -0.05) is 41.9 Å². The molecular weight excluding hydrogens is 364 g/mol. The zero-order chi connectivity index (χ0) is 19.4. The SMILES string of the molecule is COc1ccc(NC(=O)[C@H](c2ccccc2)N2C[C@@H](C)O[C@@H](C)C2)cc1Cl. The molecule has 0 spiro atoms. The molecule has 1 saturated heterocycles. The lowest BCUT2D eigenvalue weighted by Gasteiger charge is -2.39. The molecular formula is C21H25ClN2O3. The van der Waals surface area contributed by atoms with Gasteiger partial charge in [-0.05, 0) is 37.6 Å². The van der Waals surface area contributed by atoms with Gasteiger partial charge in [0.2, 0.25) is 5.91 Å². The molecule has 0 bridgehead atoms. The van der Waals surface area contributed by atoms with Crippen molar-refractivity contribution in [1.82, 2.24) is 4.90 Å². The lowest BCUT2D eigenvalue weighted by Crippen LogP contribution is -2.49. The molecule has 0 aliphatic carbocycles. The highest BCUT2D eigenvalue weighted by Gasteiger charge is 2.33. The van der Waals surface area contributed by atoms with Crippen LogP contribution in [-0.2, 0) is 9.53 Å². The van der Waals surface area contributed by atoms with Gasteiger partial charge in [0.15, 0.2) is 0 Å². The predicted octanol–water partition coefficient (Wildman–Crippen LogP) is 4.14. The van der Waals surface area contributed by atoms with Gasteiger partial charge in [-0.15, -0.1) is 0 Å². The van der Waals surface area contributed by atoms with E-state index >= 15 is 0 Å². The summed E-state index contributed by atoms with van der Waals surface area (Å²) in [5.41, 5.74) is 1.59. The highest BCUT2D eigenvalue weighted by atomic mass is 35.5. The van der Waals surface area contributed by atoms with Crippen molar-refractivity contribution in [3.8, 4) is 5.75 Å². The lowest BCUT2D eigenvalue weighted by molar-refractivity contribution is -0.128. The Hall–Kier alpha value is -2.08. The first-order valence-electron chi connectivity index (χ1n) is 9.06. The molecule has 3 atom stereocenters. The summed E-state index contributed by atoms with van der Waals surface area (Å²) < 4.78 is 11.0. The maximum atomic E-state index is 13.2. The van der Waals surface area contributed by atoms with Crippen molar-refractivity contribution >= 4 is 23.2 Å². The Morgan fingerprint density at radius 3 is 2.44 bits per heavy atom. The van der Waals surface area contributed by atoms with Gasteiger partial charge in [0.25, 0.3) is 0 Å². The van der Waals surface area contributed by atoms with E-state index in [9.17, 15) is 4.79 Å². The number of nitrogens with zero attached hydrogens (tertiary/aromatic N) is 1. The van der Waals surface area contributed by atoms with Crippen LogP contribution in [0.3, 0.4) is 0 Å². The molecule has 1 aliphatic rings. The first-order valence-corrected chi connectivity index (χ1v) is 9.44. The van der Waals surface area contributed by atoms with E-state index in [0.717, 1.165) is 5.56 Å². The number of nitrogens with one attached hydrogen (secondary N) is 1. The highest BCUT2D eigenvalue weighted by Crippen LogP contribution is 2.30. The van der Waals surface area contributed by atoms with E-state index in [4.69, 9.17) is 21.1 Å². The van der Waals surface area contributed by atoms with Crippen molar-refractivity contribution in [2.75, 3.05) is 25.5 Å². The number of benzene rings is 2. The van der Waals surface area contributed by atoms with Crippen LogP contribution in [0.1, 0.15) is 25.5 Å². The molecule has 1 N–H and O–H groups in total. The number of morpholine rings is 1. The summed E-state index contributed by atoms with van der Waals surface area (Å²) in [6.07, 6.45) is 0.145. The first-order chi connectivity index (χ1) is 13.0. The minimum absolute atomic E-state index is 0.0724. The third-order valence-electron chi connectivity index (χ3n) is 4.60. The van der Waals surface area contributed by atoms with E-state index in [-0.39, 0.29) is 18.1 Å². The predicted molar refractivity (Wildman–Crippen MR) is 107 cm³/mol. The smallest absolute Gasteiger partial charge is 0.246 e. The van der Waals surface area contributed by atoms with E-state index in [1.54, 1.807) is 25.3 Å². The number of hydrogen-bond donors (Lipinski definition) is 1. The number of anilines is 1. The number of rotatable bonds is 5. The normalized spacial score (nSPS) is 21.5. The van der Waals surface area contributed by atoms with Gasteiger partial charge in [-0.25, -0.2) is 0 Å². The van der Waals surface area contributed by atoms with E-state index in [0.29, 0.717) is 29.5 Å². The van der Waals surface area contributed by atoms with Gasteiger partial charge in [0.05, 0.1) is 24.3 Å². The number of ether oxygens (including phenoxy) is 2. The van der Waals surface area contributed by atoms with E-state index in [2.05, 4.69) is 10.2 Å². The molecule has 5 nitrogen and oxygen atoms in total. The Labute approximate surface area is 165 Å². The number of carbonyl (C=O) groups excluding carboxylic acids is 1. The quantitative estimate of drug-likeness (QED) is 0.836. The van der Waals surface area contributed by atoms with Crippen LogP contribution in [0.15, 0.2) is 48.5 Å². The number of halogens is 1. The summed E-state index contributed by atoms with van der Waals surface area (Å²) in [6.45, 7) is 5.46. The van der Waals surface area contributed by atoms with E-state index in [1.165, 1.54) is 0 Å². The van der Waals surface area contributed by atoms with Crippen LogP contribution in [0, 0.1) is 0 Å². The molecule has 0 radical (unpaired) electrons. The summed E-state index contributed by atoms with van der Waals surface area (Å²) >= 11 is 6.19. The lowest BCUT2D eigenvalue weighted by atomic mass is 10.0. The van der Waals surface area contributed by atoms with Crippen molar-refractivity contribution in [2.24, 2.45) is 0 Å². The second kappa shape index (κ2) is 8.74. The summed E-state index contributed by atoms with van der Waals surface area (Å²) in [4.78, 5) is 15.4. The second-order valence-electron chi connectivity index (χ2n) is 6.86. The number of methoxy groups -OCH3 is 1. The molecule has 2 aromatic carbocycles. The standard InChI is InChI=1S/C21H25ClN2O3/c1-14-12-24(13-15(2)27-14)20(16-7-5-4-6-8-16)21(25)23-17-9-10-19(26-3)18(22)11-17/h4-11,14-15,20H,12-13H2,1-3H3,(H,23,25)/t14-,15+,20-/m0/s1. The Balaban J connectivity index is 1.86. The van der Waals surface area contributed by atoms with Crippen LogP contribution in [0.25, 0.3) is 0 Å². The van der Waals surface area contributed by atoms with Crippen LogP contribution in [0.2, 0.25) is 5.02 Å². The molecule has 1 aliphatic heterocycles. The van der Waals surface area contributed by atoms with Gasteiger partial charge in [-0.3, -0.25) is 9.69 Å². The second-order valence-corrected chi connectivity index (χ2v) is 7.27.